The van der Waals surface area contributed by atoms with Crippen LogP contribution < -0.4 is 0 Å². The molecule has 0 aromatic heterocycles. The van der Waals surface area contributed by atoms with Crippen LogP contribution in [0, 0.1) is 0 Å². The van der Waals surface area contributed by atoms with E-state index in [2.05, 4.69) is 31.0 Å². The molecule has 0 fully saturated rings. The summed E-state index contributed by atoms with van der Waals surface area (Å²) in [6.07, 6.45) is 8.69. The standard InChI is InChI=1S/C6H9P/c1-7-6-4-2-3-5-6/h2-7H,1H3. The molecule has 0 amide bonds. The van der Waals surface area contributed by atoms with Crippen LogP contribution >= 0.6 is 8.58 Å². The Hall–Kier alpha value is -0.0900. The van der Waals surface area contributed by atoms with Crippen LogP contribution in [0.1, 0.15) is 0 Å². The lowest BCUT2D eigenvalue weighted by Gasteiger charge is -1.94. The van der Waals surface area contributed by atoms with Crippen LogP contribution in [-0.2, 0) is 0 Å². The van der Waals surface area contributed by atoms with E-state index in [-0.39, 0.29) is 0 Å². The summed E-state index contributed by atoms with van der Waals surface area (Å²) in [7, 11) is 1.04. The minimum Gasteiger partial charge on any atom is -0.114 e. The van der Waals surface area contributed by atoms with Crippen LogP contribution in [0.25, 0.3) is 0 Å². The molecule has 0 radical (unpaired) electrons. The molecule has 1 aliphatic carbocycles. The van der Waals surface area contributed by atoms with Gasteiger partial charge in [-0.1, -0.05) is 24.3 Å². The van der Waals surface area contributed by atoms with Gasteiger partial charge in [-0.05, 0) is 6.66 Å². The quantitative estimate of drug-likeness (QED) is 0.453. The maximum absolute atomic E-state index is 2.23. The van der Waals surface area contributed by atoms with E-state index in [9.17, 15) is 0 Å². The van der Waals surface area contributed by atoms with Crippen LogP contribution in [0.15, 0.2) is 24.3 Å². The lowest BCUT2D eigenvalue weighted by Crippen LogP contribution is -1.81. The van der Waals surface area contributed by atoms with Gasteiger partial charge in [0.05, 0.1) is 0 Å². The van der Waals surface area contributed by atoms with Crippen LogP contribution in [0.5, 0.6) is 0 Å². The van der Waals surface area contributed by atoms with Crippen molar-refractivity contribution in [1.29, 1.82) is 0 Å². The molecule has 0 aromatic rings. The van der Waals surface area contributed by atoms with Crippen molar-refractivity contribution in [3.8, 4) is 0 Å². The van der Waals surface area contributed by atoms with Gasteiger partial charge in [-0.15, -0.1) is 8.58 Å². The fourth-order valence-electron chi connectivity index (χ4n) is 0.624. The van der Waals surface area contributed by atoms with E-state index in [0.717, 1.165) is 14.2 Å². The van der Waals surface area contributed by atoms with Crippen LogP contribution in [-0.4, -0.2) is 12.3 Å². The highest BCUT2D eigenvalue weighted by molar-refractivity contribution is 7.38. The molecule has 0 spiro atoms. The van der Waals surface area contributed by atoms with E-state index in [4.69, 9.17) is 0 Å². The van der Waals surface area contributed by atoms with E-state index in [1.807, 2.05) is 0 Å². The molecule has 0 bridgehead atoms. The summed E-state index contributed by atoms with van der Waals surface area (Å²) in [6.45, 7) is 2.23. The molecule has 1 unspecified atom stereocenters. The van der Waals surface area contributed by atoms with Gasteiger partial charge in [0, 0.05) is 5.66 Å². The molecule has 1 rings (SSSR count). The number of rotatable bonds is 1. The van der Waals surface area contributed by atoms with Crippen molar-refractivity contribution in [2.24, 2.45) is 0 Å². The van der Waals surface area contributed by atoms with Crippen LogP contribution in [0.2, 0.25) is 0 Å². The smallest absolute Gasteiger partial charge is 0.0125 e. The van der Waals surface area contributed by atoms with Gasteiger partial charge in [0.15, 0.2) is 0 Å². The largest absolute Gasteiger partial charge is 0.114 e. The predicted octanol–water partition coefficient (Wildman–Crippen LogP) is 1.79. The minimum absolute atomic E-state index is 0.764. The van der Waals surface area contributed by atoms with Crippen molar-refractivity contribution in [2.45, 2.75) is 5.66 Å². The fourth-order valence-corrected chi connectivity index (χ4v) is 1.23. The van der Waals surface area contributed by atoms with Crippen molar-refractivity contribution < 1.29 is 0 Å². The SMILES string of the molecule is CPC1C=CC=C1. The second-order valence-corrected chi connectivity index (χ2v) is 2.83. The zero-order valence-corrected chi connectivity index (χ0v) is 5.39. The van der Waals surface area contributed by atoms with Gasteiger partial charge in [-0.2, -0.15) is 0 Å². The first-order valence-corrected chi connectivity index (χ1v) is 4.03. The fraction of sp³-hybridized carbons (Fsp3) is 0.333. The van der Waals surface area contributed by atoms with Gasteiger partial charge in [0.25, 0.3) is 0 Å². The molecule has 0 saturated heterocycles. The maximum Gasteiger partial charge on any atom is 0.0125 e. The molecule has 0 aliphatic heterocycles. The Balaban J connectivity index is 2.44. The van der Waals surface area contributed by atoms with E-state index < -0.39 is 0 Å². The van der Waals surface area contributed by atoms with E-state index in [1.165, 1.54) is 0 Å². The van der Waals surface area contributed by atoms with Crippen molar-refractivity contribution in [3.05, 3.63) is 24.3 Å². The molecule has 1 aliphatic rings. The Kier molecular flexibility index (Phi) is 1.64. The summed E-state index contributed by atoms with van der Waals surface area (Å²) < 4.78 is 0. The Labute approximate surface area is 46.1 Å². The van der Waals surface area contributed by atoms with Gasteiger partial charge in [0.2, 0.25) is 0 Å². The van der Waals surface area contributed by atoms with E-state index in [0.29, 0.717) is 0 Å². The average Bonchev–Trinajstić information content (AvgIpc) is 2.14. The van der Waals surface area contributed by atoms with Crippen molar-refractivity contribution in [1.82, 2.24) is 0 Å². The van der Waals surface area contributed by atoms with Crippen LogP contribution in [0.3, 0.4) is 0 Å². The third-order valence-electron chi connectivity index (χ3n) is 1.08. The molecule has 1 heteroatoms. The van der Waals surface area contributed by atoms with E-state index >= 15 is 0 Å². The zero-order chi connectivity index (χ0) is 5.11. The van der Waals surface area contributed by atoms with Gasteiger partial charge in [-0.3, -0.25) is 0 Å². The number of allylic oxidation sites excluding steroid dienone is 4. The molecule has 0 N–H and O–H groups in total. The molecular formula is C6H9P. The Bertz CT molecular complexity index is 90.7. The third kappa shape index (κ3) is 1.14. The Morgan fingerprint density at radius 1 is 1.29 bits per heavy atom. The van der Waals surface area contributed by atoms with E-state index in [1.54, 1.807) is 0 Å². The second kappa shape index (κ2) is 2.28. The summed E-state index contributed by atoms with van der Waals surface area (Å²) in [5, 5.41) is 0. The van der Waals surface area contributed by atoms with Crippen molar-refractivity contribution >= 4 is 8.58 Å². The summed E-state index contributed by atoms with van der Waals surface area (Å²) in [5.41, 5.74) is 0.764. The predicted molar refractivity (Wildman–Crippen MR) is 36.3 cm³/mol. The topological polar surface area (TPSA) is 0 Å². The lowest BCUT2D eigenvalue weighted by atomic mass is 10.5. The Morgan fingerprint density at radius 3 is 2.14 bits per heavy atom. The summed E-state index contributed by atoms with van der Waals surface area (Å²) in [4.78, 5) is 0. The maximum atomic E-state index is 2.23. The minimum atomic E-state index is 0.764. The molecule has 7 heavy (non-hydrogen) atoms. The normalized spacial score (nSPS) is 20.7. The third-order valence-corrected chi connectivity index (χ3v) is 2.13. The molecule has 1 atom stereocenters. The summed E-state index contributed by atoms with van der Waals surface area (Å²) in [5.74, 6) is 0. The van der Waals surface area contributed by atoms with Gasteiger partial charge in [0.1, 0.15) is 0 Å². The highest BCUT2D eigenvalue weighted by atomic mass is 31.1. The number of hydrogen-bond acceptors (Lipinski definition) is 0. The van der Waals surface area contributed by atoms with Gasteiger partial charge < -0.3 is 0 Å². The van der Waals surface area contributed by atoms with Crippen molar-refractivity contribution in [2.75, 3.05) is 6.66 Å². The summed E-state index contributed by atoms with van der Waals surface area (Å²) in [6, 6.07) is 0. The van der Waals surface area contributed by atoms with Gasteiger partial charge >= 0.3 is 0 Å². The number of hydrogen-bond donors (Lipinski definition) is 0. The second-order valence-electron chi connectivity index (χ2n) is 1.58. The zero-order valence-electron chi connectivity index (χ0n) is 4.39. The highest BCUT2D eigenvalue weighted by Crippen LogP contribution is 2.19. The van der Waals surface area contributed by atoms with Crippen molar-refractivity contribution in [3.63, 3.8) is 0 Å². The first kappa shape index (κ1) is 5.05. The summed E-state index contributed by atoms with van der Waals surface area (Å²) >= 11 is 0. The molecular weight excluding hydrogens is 103 g/mol. The molecule has 0 nitrogen and oxygen atoms in total. The first-order chi connectivity index (χ1) is 3.43. The van der Waals surface area contributed by atoms with Crippen LogP contribution in [0.4, 0.5) is 0 Å². The Morgan fingerprint density at radius 2 is 1.86 bits per heavy atom. The van der Waals surface area contributed by atoms with Gasteiger partial charge in [-0.25, -0.2) is 0 Å². The molecule has 0 saturated carbocycles. The highest BCUT2D eigenvalue weighted by Gasteiger charge is 1.96. The monoisotopic (exact) mass is 112 g/mol. The average molecular weight is 112 g/mol. The molecule has 0 heterocycles. The lowest BCUT2D eigenvalue weighted by molar-refractivity contribution is 1.46. The molecule has 0 aromatic carbocycles. The first-order valence-electron chi connectivity index (χ1n) is 2.46. The molecule has 38 valence electrons.